The van der Waals surface area contributed by atoms with Crippen molar-refractivity contribution < 1.29 is 13.7 Å². The average Bonchev–Trinajstić information content (AvgIpc) is 3.29. The van der Waals surface area contributed by atoms with E-state index < -0.39 is 11.7 Å². The van der Waals surface area contributed by atoms with E-state index in [-0.39, 0.29) is 17.0 Å². The highest BCUT2D eigenvalue weighted by Crippen LogP contribution is 2.31. The molecule has 0 saturated carbocycles. The van der Waals surface area contributed by atoms with Gasteiger partial charge in [0.2, 0.25) is 0 Å². The Bertz CT molecular complexity index is 967. The fourth-order valence-corrected chi connectivity index (χ4v) is 3.22. The normalized spacial score (nSPS) is 12.9. The summed E-state index contributed by atoms with van der Waals surface area (Å²) in [5, 5.41) is 6.60. The van der Waals surface area contributed by atoms with Crippen molar-refractivity contribution in [1.82, 2.24) is 5.16 Å². The molecule has 0 radical (unpaired) electrons. The van der Waals surface area contributed by atoms with Crippen LogP contribution in [0.5, 0.6) is 0 Å². The third kappa shape index (κ3) is 2.94. The molecule has 1 aliphatic heterocycles. The van der Waals surface area contributed by atoms with Gasteiger partial charge in [-0.1, -0.05) is 23.4 Å². The van der Waals surface area contributed by atoms with Gasteiger partial charge >= 0.3 is 0 Å². The monoisotopic (exact) mass is 351 g/mol. The second-order valence-electron chi connectivity index (χ2n) is 6.18. The van der Waals surface area contributed by atoms with Crippen molar-refractivity contribution in [2.75, 3.05) is 23.3 Å². The molecule has 132 valence electrons. The van der Waals surface area contributed by atoms with Crippen molar-refractivity contribution in [3.63, 3.8) is 0 Å². The van der Waals surface area contributed by atoms with Crippen molar-refractivity contribution in [3.05, 3.63) is 65.6 Å². The Hall–Kier alpha value is -3.15. The van der Waals surface area contributed by atoms with Crippen molar-refractivity contribution >= 4 is 17.3 Å². The first kappa shape index (κ1) is 16.3. The highest BCUT2D eigenvalue weighted by Gasteiger charge is 2.20. The van der Waals surface area contributed by atoms with Gasteiger partial charge in [0.05, 0.1) is 5.56 Å². The van der Waals surface area contributed by atoms with Crippen LogP contribution >= 0.6 is 0 Å². The van der Waals surface area contributed by atoms with Gasteiger partial charge < -0.3 is 14.7 Å². The van der Waals surface area contributed by atoms with E-state index in [1.807, 2.05) is 18.2 Å². The van der Waals surface area contributed by atoms with Crippen LogP contribution in [0.4, 0.5) is 15.8 Å². The zero-order valence-corrected chi connectivity index (χ0v) is 14.3. The highest BCUT2D eigenvalue weighted by molar-refractivity contribution is 6.03. The molecule has 0 saturated heterocycles. The van der Waals surface area contributed by atoms with E-state index in [0.717, 1.165) is 25.2 Å². The maximum absolute atomic E-state index is 13.8. The number of rotatable bonds is 4. The molecule has 0 spiro atoms. The Balaban J connectivity index is 1.54. The van der Waals surface area contributed by atoms with E-state index >= 15 is 0 Å². The quantitative estimate of drug-likeness (QED) is 0.768. The number of carbonyl (C=O) groups is 1. The second kappa shape index (κ2) is 6.63. The lowest BCUT2D eigenvalue weighted by molar-refractivity contribution is 0.101. The number of likely N-dealkylation sites (N-methyl/N-ethyl adjacent to an activating group) is 1. The Kier molecular flexibility index (Phi) is 4.16. The summed E-state index contributed by atoms with van der Waals surface area (Å²) in [4.78, 5) is 14.7. The van der Waals surface area contributed by atoms with Gasteiger partial charge in [-0.3, -0.25) is 4.79 Å². The van der Waals surface area contributed by atoms with Crippen molar-refractivity contribution in [3.8, 4) is 11.3 Å². The molecule has 4 rings (SSSR count). The minimum atomic E-state index is -0.422. The number of anilines is 2. The molecule has 1 aromatic heterocycles. The van der Waals surface area contributed by atoms with Crippen molar-refractivity contribution in [1.29, 1.82) is 0 Å². The molecule has 0 atom stereocenters. The van der Waals surface area contributed by atoms with Gasteiger partial charge in [-0.2, -0.15) is 0 Å². The van der Waals surface area contributed by atoms with Crippen LogP contribution in [-0.4, -0.2) is 24.2 Å². The fourth-order valence-electron chi connectivity index (χ4n) is 3.22. The molecule has 1 aliphatic rings. The van der Waals surface area contributed by atoms with Gasteiger partial charge in [0.25, 0.3) is 5.91 Å². The molecular weight excluding hydrogens is 333 g/mol. The third-order valence-corrected chi connectivity index (χ3v) is 4.60. The largest absolute Gasteiger partial charge is 0.371 e. The van der Waals surface area contributed by atoms with E-state index in [1.54, 1.807) is 18.2 Å². The van der Waals surface area contributed by atoms with E-state index in [0.29, 0.717) is 5.69 Å². The number of fused-ring (bicyclic) bond motifs is 1. The molecule has 2 aromatic carbocycles. The lowest BCUT2D eigenvalue weighted by Crippen LogP contribution is -2.19. The highest BCUT2D eigenvalue weighted by atomic mass is 19.1. The van der Waals surface area contributed by atoms with E-state index in [2.05, 4.69) is 22.3 Å². The number of hydrogen-bond acceptors (Lipinski definition) is 4. The molecule has 0 fully saturated rings. The first-order valence-electron chi connectivity index (χ1n) is 8.56. The van der Waals surface area contributed by atoms with Gasteiger partial charge in [0, 0.05) is 30.5 Å². The summed E-state index contributed by atoms with van der Waals surface area (Å²) in [5.74, 6) is -0.592. The SMILES string of the molecule is CCN1CCc2ccc(NC(=O)c3cc(-c4ccccc4F)on3)cc21. The van der Waals surface area contributed by atoms with Gasteiger partial charge in [0.1, 0.15) is 5.82 Å². The van der Waals surface area contributed by atoms with Crippen LogP contribution in [0.1, 0.15) is 23.0 Å². The van der Waals surface area contributed by atoms with Crippen LogP contribution in [0.25, 0.3) is 11.3 Å². The predicted octanol–water partition coefficient (Wildman–Crippen LogP) is 4.12. The Morgan fingerprint density at radius 2 is 2.12 bits per heavy atom. The number of nitrogens with zero attached hydrogens (tertiary/aromatic N) is 2. The number of aromatic nitrogens is 1. The van der Waals surface area contributed by atoms with Gasteiger partial charge in [-0.25, -0.2) is 4.39 Å². The minimum Gasteiger partial charge on any atom is -0.371 e. The summed E-state index contributed by atoms with van der Waals surface area (Å²) in [6.45, 7) is 4.04. The molecule has 0 aliphatic carbocycles. The summed E-state index contributed by atoms with van der Waals surface area (Å²) >= 11 is 0. The average molecular weight is 351 g/mol. The number of benzene rings is 2. The van der Waals surface area contributed by atoms with Crippen LogP contribution in [0.3, 0.4) is 0 Å². The molecular formula is C20H18FN3O2. The molecule has 0 bridgehead atoms. The molecule has 26 heavy (non-hydrogen) atoms. The number of nitrogens with one attached hydrogen (secondary N) is 1. The summed E-state index contributed by atoms with van der Waals surface area (Å²) in [6, 6.07) is 13.5. The maximum Gasteiger partial charge on any atom is 0.277 e. The number of hydrogen-bond donors (Lipinski definition) is 1. The standard InChI is InChI=1S/C20H18FN3O2/c1-2-24-10-9-13-7-8-14(11-18(13)24)22-20(25)17-12-19(26-23-17)15-5-3-4-6-16(15)21/h3-8,11-12H,2,9-10H2,1H3,(H,22,25). The molecule has 2 heterocycles. The zero-order valence-electron chi connectivity index (χ0n) is 14.3. The maximum atomic E-state index is 13.8. The smallest absolute Gasteiger partial charge is 0.277 e. The molecule has 5 nitrogen and oxygen atoms in total. The first-order valence-corrected chi connectivity index (χ1v) is 8.56. The fraction of sp³-hybridized carbons (Fsp3) is 0.200. The number of amides is 1. The summed E-state index contributed by atoms with van der Waals surface area (Å²) < 4.78 is 19.0. The van der Waals surface area contributed by atoms with Crippen molar-refractivity contribution in [2.45, 2.75) is 13.3 Å². The Morgan fingerprint density at radius 1 is 1.27 bits per heavy atom. The minimum absolute atomic E-state index is 0.107. The Labute approximate surface area is 150 Å². The Morgan fingerprint density at radius 3 is 2.92 bits per heavy atom. The third-order valence-electron chi connectivity index (χ3n) is 4.60. The number of carbonyl (C=O) groups excluding carboxylic acids is 1. The first-order chi connectivity index (χ1) is 12.7. The molecule has 0 unspecified atom stereocenters. The van der Waals surface area contributed by atoms with Crippen LogP contribution in [0.2, 0.25) is 0 Å². The van der Waals surface area contributed by atoms with Gasteiger partial charge in [-0.05, 0) is 43.2 Å². The van der Waals surface area contributed by atoms with Crippen molar-refractivity contribution in [2.24, 2.45) is 0 Å². The van der Waals surface area contributed by atoms with Crippen LogP contribution < -0.4 is 10.2 Å². The van der Waals surface area contributed by atoms with E-state index in [4.69, 9.17) is 4.52 Å². The van der Waals surface area contributed by atoms with Gasteiger partial charge in [-0.15, -0.1) is 0 Å². The summed E-state index contributed by atoms with van der Waals surface area (Å²) in [5.41, 5.74) is 3.52. The zero-order chi connectivity index (χ0) is 18.1. The second-order valence-corrected chi connectivity index (χ2v) is 6.18. The molecule has 1 amide bonds. The van der Waals surface area contributed by atoms with Crippen LogP contribution in [0.15, 0.2) is 53.1 Å². The molecule has 6 heteroatoms. The molecule has 1 N–H and O–H groups in total. The molecule has 3 aromatic rings. The lowest BCUT2D eigenvalue weighted by Gasteiger charge is -2.17. The van der Waals surface area contributed by atoms with Crippen LogP contribution in [-0.2, 0) is 6.42 Å². The lowest BCUT2D eigenvalue weighted by atomic mass is 10.1. The summed E-state index contributed by atoms with van der Waals surface area (Å²) in [6.07, 6.45) is 1.02. The number of halogens is 1. The summed E-state index contributed by atoms with van der Waals surface area (Å²) in [7, 11) is 0. The van der Waals surface area contributed by atoms with E-state index in [9.17, 15) is 9.18 Å². The van der Waals surface area contributed by atoms with E-state index in [1.165, 1.54) is 17.7 Å². The van der Waals surface area contributed by atoms with Crippen LogP contribution in [0, 0.1) is 5.82 Å². The van der Waals surface area contributed by atoms with Gasteiger partial charge in [0.15, 0.2) is 11.5 Å². The topological polar surface area (TPSA) is 58.4 Å². The predicted molar refractivity (Wildman–Crippen MR) is 97.9 cm³/mol.